The van der Waals surface area contributed by atoms with Crippen LogP contribution in [0.5, 0.6) is 0 Å². The van der Waals surface area contributed by atoms with Crippen LogP contribution in [0.2, 0.25) is 0 Å². The molecular formula is C18H15N3S3. The van der Waals surface area contributed by atoms with Crippen molar-refractivity contribution in [3.8, 4) is 0 Å². The van der Waals surface area contributed by atoms with Crippen molar-refractivity contribution in [1.29, 1.82) is 0 Å². The molecule has 0 radical (unpaired) electrons. The fourth-order valence-electron chi connectivity index (χ4n) is 2.71. The molecule has 24 heavy (non-hydrogen) atoms. The summed E-state index contributed by atoms with van der Waals surface area (Å²) >= 11 is 9.08. The number of para-hydroxylation sites is 1. The van der Waals surface area contributed by atoms with E-state index in [-0.39, 0.29) is 6.04 Å². The molecular weight excluding hydrogens is 354 g/mol. The predicted molar refractivity (Wildman–Crippen MR) is 107 cm³/mol. The van der Waals surface area contributed by atoms with Gasteiger partial charge in [-0.3, -0.25) is 0 Å². The Balaban J connectivity index is 1.62. The van der Waals surface area contributed by atoms with Gasteiger partial charge in [-0.05, 0) is 52.6 Å². The summed E-state index contributed by atoms with van der Waals surface area (Å²) in [4.78, 5) is 1.28. The van der Waals surface area contributed by atoms with Crippen LogP contribution in [-0.2, 0) is 0 Å². The van der Waals surface area contributed by atoms with Crippen LogP contribution in [0.3, 0.4) is 0 Å². The molecule has 0 unspecified atom stereocenters. The van der Waals surface area contributed by atoms with Gasteiger partial charge in [-0.1, -0.05) is 24.3 Å². The third kappa shape index (κ3) is 3.13. The van der Waals surface area contributed by atoms with Crippen LogP contribution in [0.15, 0.2) is 69.8 Å². The number of hydrazone groups is 1. The Kier molecular flexibility index (Phi) is 4.42. The van der Waals surface area contributed by atoms with Crippen molar-refractivity contribution in [3.05, 3.63) is 75.1 Å². The zero-order valence-corrected chi connectivity index (χ0v) is 15.2. The van der Waals surface area contributed by atoms with E-state index in [4.69, 9.17) is 17.3 Å². The van der Waals surface area contributed by atoms with E-state index in [0.29, 0.717) is 5.11 Å². The molecule has 1 aliphatic heterocycles. The Hall–Kier alpha value is -2.02. The molecule has 0 saturated heterocycles. The normalized spacial score (nSPS) is 16.9. The van der Waals surface area contributed by atoms with Gasteiger partial charge in [-0.25, -0.2) is 5.01 Å². The predicted octanol–water partition coefficient (Wildman–Crippen LogP) is 5.36. The lowest BCUT2D eigenvalue weighted by Crippen LogP contribution is -2.30. The monoisotopic (exact) mass is 369 g/mol. The zero-order chi connectivity index (χ0) is 16.4. The van der Waals surface area contributed by atoms with Gasteiger partial charge in [0, 0.05) is 22.5 Å². The van der Waals surface area contributed by atoms with E-state index in [1.54, 1.807) is 22.7 Å². The second-order valence-electron chi connectivity index (χ2n) is 5.43. The standard InChI is InChI=1S/C18H15N3S3/c22-18(19-14-5-2-1-3-6-14)21-16(17-7-4-9-24-17)11-15(20-21)13-8-10-23-12-13/h1-10,12,16H,11H2,(H,19,22)/t16-/m1/s1. The van der Waals surface area contributed by atoms with Crippen LogP contribution in [0, 0.1) is 0 Å². The molecule has 0 saturated carbocycles. The molecule has 1 atom stereocenters. The van der Waals surface area contributed by atoms with Gasteiger partial charge in [0.2, 0.25) is 0 Å². The van der Waals surface area contributed by atoms with Gasteiger partial charge in [0.05, 0.1) is 11.8 Å². The van der Waals surface area contributed by atoms with Crippen molar-refractivity contribution in [2.75, 3.05) is 5.32 Å². The Morgan fingerprint density at radius 2 is 2.00 bits per heavy atom. The Morgan fingerprint density at radius 1 is 1.12 bits per heavy atom. The molecule has 4 rings (SSSR count). The van der Waals surface area contributed by atoms with E-state index in [2.05, 4.69) is 39.7 Å². The van der Waals surface area contributed by atoms with E-state index in [1.165, 1.54) is 10.4 Å². The minimum atomic E-state index is 0.156. The summed E-state index contributed by atoms with van der Waals surface area (Å²) in [6, 6.07) is 16.5. The lowest BCUT2D eigenvalue weighted by Gasteiger charge is -2.23. The van der Waals surface area contributed by atoms with Gasteiger partial charge in [0.25, 0.3) is 0 Å². The molecule has 0 fully saturated rings. The first-order valence-electron chi connectivity index (χ1n) is 7.60. The number of nitrogens with zero attached hydrogens (tertiary/aromatic N) is 2. The van der Waals surface area contributed by atoms with Gasteiger partial charge < -0.3 is 5.32 Å². The van der Waals surface area contributed by atoms with Crippen molar-refractivity contribution in [2.24, 2.45) is 5.10 Å². The number of nitrogens with one attached hydrogen (secondary N) is 1. The fraction of sp³-hybridized carbons (Fsp3) is 0.111. The molecule has 3 nitrogen and oxygen atoms in total. The number of thiocarbonyl (C=S) groups is 1. The number of hydrogen-bond acceptors (Lipinski definition) is 4. The highest BCUT2D eigenvalue weighted by atomic mass is 32.1. The molecule has 120 valence electrons. The Morgan fingerprint density at radius 3 is 2.71 bits per heavy atom. The maximum Gasteiger partial charge on any atom is 0.194 e. The van der Waals surface area contributed by atoms with Gasteiger partial charge in [0.1, 0.15) is 0 Å². The van der Waals surface area contributed by atoms with Crippen molar-refractivity contribution in [1.82, 2.24) is 5.01 Å². The second-order valence-corrected chi connectivity index (χ2v) is 7.58. The molecule has 6 heteroatoms. The highest BCUT2D eigenvalue weighted by molar-refractivity contribution is 7.80. The fourth-order valence-corrected chi connectivity index (χ4v) is 4.47. The smallest absolute Gasteiger partial charge is 0.194 e. The summed E-state index contributed by atoms with van der Waals surface area (Å²) < 4.78 is 0. The van der Waals surface area contributed by atoms with Crippen molar-refractivity contribution < 1.29 is 0 Å². The first-order chi connectivity index (χ1) is 11.8. The first kappa shape index (κ1) is 15.5. The molecule has 2 aromatic heterocycles. The van der Waals surface area contributed by atoms with Gasteiger partial charge >= 0.3 is 0 Å². The van der Waals surface area contributed by atoms with Crippen LogP contribution in [0.25, 0.3) is 0 Å². The third-order valence-corrected chi connectivity index (χ3v) is 5.82. The number of benzene rings is 1. The maximum absolute atomic E-state index is 5.64. The quantitative estimate of drug-likeness (QED) is 0.630. The third-order valence-electron chi connectivity index (χ3n) is 3.87. The van der Waals surface area contributed by atoms with Crippen LogP contribution in [0.1, 0.15) is 22.9 Å². The van der Waals surface area contributed by atoms with E-state index < -0.39 is 0 Å². The summed E-state index contributed by atoms with van der Waals surface area (Å²) in [7, 11) is 0. The summed E-state index contributed by atoms with van der Waals surface area (Å²) in [6.45, 7) is 0. The van der Waals surface area contributed by atoms with Gasteiger partial charge in [0.15, 0.2) is 5.11 Å². The van der Waals surface area contributed by atoms with Crippen molar-refractivity contribution >= 4 is 51.4 Å². The zero-order valence-electron chi connectivity index (χ0n) is 12.8. The average molecular weight is 370 g/mol. The van der Waals surface area contributed by atoms with Crippen LogP contribution in [0.4, 0.5) is 5.69 Å². The number of anilines is 1. The highest BCUT2D eigenvalue weighted by Gasteiger charge is 2.32. The summed E-state index contributed by atoms with van der Waals surface area (Å²) in [5.41, 5.74) is 3.25. The number of thiophene rings is 2. The van der Waals surface area contributed by atoms with E-state index in [9.17, 15) is 0 Å². The molecule has 1 aromatic carbocycles. The van der Waals surface area contributed by atoms with E-state index in [0.717, 1.165) is 17.8 Å². The minimum absolute atomic E-state index is 0.156. The van der Waals surface area contributed by atoms with Crippen molar-refractivity contribution in [2.45, 2.75) is 12.5 Å². The topological polar surface area (TPSA) is 27.6 Å². The molecule has 3 heterocycles. The van der Waals surface area contributed by atoms with Gasteiger partial charge in [-0.2, -0.15) is 16.4 Å². The minimum Gasteiger partial charge on any atom is -0.331 e. The second kappa shape index (κ2) is 6.84. The summed E-state index contributed by atoms with van der Waals surface area (Å²) in [5, 5.41) is 17.0. The lowest BCUT2D eigenvalue weighted by atomic mass is 10.1. The summed E-state index contributed by atoms with van der Waals surface area (Å²) in [5.74, 6) is 0. The van der Waals surface area contributed by atoms with E-state index >= 15 is 0 Å². The van der Waals surface area contributed by atoms with E-state index in [1.807, 2.05) is 35.3 Å². The van der Waals surface area contributed by atoms with Gasteiger partial charge in [-0.15, -0.1) is 11.3 Å². The maximum atomic E-state index is 5.64. The highest BCUT2D eigenvalue weighted by Crippen LogP contribution is 2.35. The molecule has 3 aromatic rings. The molecule has 0 aliphatic carbocycles. The molecule has 1 aliphatic rings. The number of rotatable bonds is 3. The Bertz CT molecular complexity index is 839. The largest absolute Gasteiger partial charge is 0.331 e. The molecule has 1 N–H and O–H groups in total. The van der Waals surface area contributed by atoms with Crippen LogP contribution < -0.4 is 5.32 Å². The summed E-state index contributed by atoms with van der Waals surface area (Å²) in [6.07, 6.45) is 0.869. The molecule has 0 spiro atoms. The van der Waals surface area contributed by atoms with Crippen LogP contribution >= 0.6 is 34.9 Å². The van der Waals surface area contributed by atoms with Crippen molar-refractivity contribution in [3.63, 3.8) is 0 Å². The first-order valence-corrected chi connectivity index (χ1v) is 9.83. The average Bonchev–Trinajstić information content (AvgIpc) is 3.35. The molecule has 0 amide bonds. The molecule has 0 bridgehead atoms. The lowest BCUT2D eigenvalue weighted by molar-refractivity contribution is 0.380. The number of hydrogen-bond donors (Lipinski definition) is 1. The van der Waals surface area contributed by atoms with Crippen LogP contribution in [-0.4, -0.2) is 15.8 Å². The Labute approximate surface area is 154 Å². The SMILES string of the molecule is S=C(Nc1ccccc1)N1N=C(c2ccsc2)C[C@@H]1c1cccs1.